The van der Waals surface area contributed by atoms with Crippen LogP contribution in [-0.4, -0.2) is 39.0 Å². The van der Waals surface area contributed by atoms with E-state index in [1.165, 1.54) is 0 Å². The third kappa shape index (κ3) is 4.17. The van der Waals surface area contributed by atoms with Crippen LogP contribution in [0, 0.1) is 17.2 Å². The van der Waals surface area contributed by atoms with Gasteiger partial charge in [0.15, 0.2) is 0 Å². The molecule has 2 unspecified atom stereocenters. The molecule has 1 rings (SSSR count). The lowest BCUT2D eigenvalue weighted by atomic mass is 10.0. The molecule has 0 saturated carbocycles. The van der Waals surface area contributed by atoms with Crippen molar-refractivity contribution in [2.24, 2.45) is 5.92 Å². The fourth-order valence-electron chi connectivity index (χ4n) is 1.48. The van der Waals surface area contributed by atoms with Gasteiger partial charge in [-0.15, -0.1) is 0 Å². The first-order valence-corrected chi connectivity index (χ1v) is 5.46. The zero-order chi connectivity index (χ0) is 11.1. The van der Waals surface area contributed by atoms with Gasteiger partial charge in [0.25, 0.3) is 0 Å². The molecular formula is C11H20N2O2. The number of rotatable bonds is 6. The van der Waals surface area contributed by atoms with Crippen LogP contribution in [0.1, 0.15) is 19.8 Å². The third-order valence-electron chi connectivity index (χ3n) is 2.92. The SMILES string of the molecule is CNC(C)(C#N)CCOCC1CCOC1. The summed E-state index contributed by atoms with van der Waals surface area (Å²) >= 11 is 0. The maximum atomic E-state index is 8.91. The Labute approximate surface area is 91.6 Å². The Morgan fingerprint density at radius 3 is 3.00 bits per heavy atom. The van der Waals surface area contributed by atoms with Crippen molar-refractivity contribution in [2.45, 2.75) is 25.3 Å². The molecule has 0 aliphatic carbocycles. The van der Waals surface area contributed by atoms with Crippen LogP contribution < -0.4 is 5.32 Å². The van der Waals surface area contributed by atoms with Gasteiger partial charge < -0.3 is 14.8 Å². The molecule has 2 atom stereocenters. The fourth-order valence-corrected chi connectivity index (χ4v) is 1.48. The zero-order valence-corrected chi connectivity index (χ0v) is 9.58. The second kappa shape index (κ2) is 6.06. The number of nitrogens with zero attached hydrogens (tertiary/aromatic N) is 1. The highest BCUT2D eigenvalue weighted by Gasteiger charge is 2.21. The largest absolute Gasteiger partial charge is 0.381 e. The van der Waals surface area contributed by atoms with Gasteiger partial charge in [0.05, 0.1) is 19.3 Å². The van der Waals surface area contributed by atoms with Crippen LogP contribution in [0.4, 0.5) is 0 Å². The Morgan fingerprint density at radius 1 is 1.67 bits per heavy atom. The van der Waals surface area contributed by atoms with Gasteiger partial charge in [0.2, 0.25) is 0 Å². The van der Waals surface area contributed by atoms with Crippen LogP contribution in [0.25, 0.3) is 0 Å². The minimum atomic E-state index is -0.466. The predicted molar refractivity (Wildman–Crippen MR) is 57.4 cm³/mol. The van der Waals surface area contributed by atoms with E-state index >= 15 is 0 Å². The van der Waals surface area contributed by atoms with Crippen molar-refractivity contribution in [3.63, 3.8) is 0 Å². The van der Waals surface area contributed by atoms with E-state index in [0.717, 1.165) is 26.2 Å². The van der Waals surface area contributed by atoms with E-state index in [2.05, 4.69) is 11.4 Å². The van der Waals surface area contributed by atoms with Gasteiger partial charge in [-0.2, -0.15) is 5.26 Å². The first kappa shape index (κ1) is 12.4. The Hall–Kier alpha value is -0.630. The summed E-state index contributed by atoms with van der Waals surface area (Å²) in [7, 11) is 1.80. The van der Waals surface area contributed by atoms with E-state index < -0.39 is 5.54 Å². The summed E-state index contributed by atoms with van der Waals surface area (Å²) in [5, 5.41) is 11.9. The van der Waals surface area contributed by atoms with Gasteiger partial charge in [0.1, 0.15) is 5.54 Å². The molecule has 1 fully saturated rings. The van der Waals surface area contributed by atoms with Crippen molar-refractivity contribution in [3.8, 4) is 6.07 Å². The molecule has 1 heterocycles. The standard InChI is InChI=1S/C11H20N2O2/c1-11(9-12,13-2)4-6-15-8-10-3-5-14-7-10/h10,13H,3-8H2,1-2H3. The normalized spacial score (nSPS) is 24.7. The van der Waals surface area contributed by atoms with E-state index in [1.807, 2.05) is 6.92 Å². The second-order valence-electron chi connectivity index (χ2n) is 4.25. The number of hydrogen-bond acceptors (Lipinski definition) is 4. The molecule has 0 spiro atoms. The number of ether oxygens (including phenoxy) is 2. The highest BCUT2D eigenvalue weighted by Crippen LogP contribution is 2.13. The summed E-state index contributed by atoms with van der Waals surface area (Å²) < 4.78 is 10.8. The fraction of sp³-hybridized carbons (Fsp3) is 0.909. The van der Waals surface area contributed by atoms with Crippen LogP contribution in [-0.2, 0) is 9.47 Å². The van der Waals surface area contributed by atoms with Gasteiger partial charge in [-0.25, -0.2) is 0 Å². The summed E-state index contributed by atoms with van der Waals surface area (Å²) in [4.78, 5) is 0. The molecule has 0 bridgehead atoms. The highest BCUT2D eigenvalue weighted by atomic mass is 16.5. The molecule has 0 radical (unpaired) electrons. The molecule has 0 aromatic heterocycles. The Kier molecular flexibility index (Phi) is 5.03. The average molecular weight is 212 g/mol. The maximum absolute atomic E-state index is 8.91. The van der Waals surface area contributed by atoms with Gasteiger partial charge >= 0.3 is 0 Å². The van der Waals surface area contributed by atoms with E-state index in [-0.39, 0.29) is 0 Å². The summed E-state index contributed by atoms with van der Waals surface area (Å²) in [6, 6.07) is 2.24. The van der Waals surface area contributed by atoms with E-state index in [4.69, 9.17) is 14.7 Å². The van der Waals surface area contributed by atoms with Crippen LogP contribution in [0.15, 0.2) is 0 Å². The summed E-state index contributed by atoms with van der Waals surface area (Å²) in [5.74, 6) is 0.549. The van der Waals surface area contributed by atoms with Crippen molar-refractivity contribution in [2.75, 3.05) is 33.5 Å². The smallest absolute Gasteiger partial charge is 0.105 e. The molecule has 4 nitrogen and oxygen atoms in total. The summed E-state index contributed by atoms with van der Waals surface area (Å²) in [5.41, 5.74) is -0.466. The monoisotopic (exact) mass is 212 g/mol. The molecule has 1 saturated heterocycles. The van der Waals surface area contributed by atoms with Gasteiger partial charge in [-0.05, 0) is 20.4 Å². The molecular weight excluding hydrogens is 192 g/mol. The van der Waals surface area contributed by atoms with Crippen LogP contribution in [0.2, 0.25) is 0 Å². The molecule has 0 aromatic carbocycles. The zero-order valence-electron chi connectivity index (χ0n) is 9.58. The van der Waals surface area contributed by atoms with Gasteiger partial charge in [0, 0.05) is 25.6 Å². The van der Waals surface area contributed by atoms with Gasteiger partial charge in [-0.1, -0.05) is 0 Å². The molecule has 0 amide bonds. The lowest BCUT2D eigenvalue weighted by Gasteiger charge is -2.20. The minimum absolute atomic E-state index is 0.466. The lowest BCUT2D eigenvalue weighted by Crippen LogP contribution is -2.39. The second-order valence-corrected chi connectivity index (χ2v) is 4.25. The molecule has 4 heteroatoms. The minimum Gasteiger partial charge on any atom is -0.381 e. The Bertz CT molecular complexity index is 221. The van der Waals surface area contributed by atoms with Crippen LogP contribution >= 0.6 is 0 Å². The Morgan fingerprint density at radius 2 is 2.47 bits per heavy atom. The number of hydrogen-bond donors (Lipinski definition) is 1. The average Bonchev–Trinajstić information content (AvgIpc) is 2.77. The molecule has 1 N–H and O–H groups in total. The van der Waals surface area contributed by atoms with Crippen molar-refractivity contribution in [3.05, 3.63) is 0 Å². The predicted octanol–water partition coefficient (Wildman–Crippen LogP) is 0.931. The number of nitriles is 1. The summed E-state index contributed by atoms with van der Waals surface area (Å²) in [6.07, 6.45) is 1.81. The maximum Gasteiger partial charge on any atom is 0.105 e. The van der Waals surface area contributed by atoms with Crippen LogP contribution in [0.3, 0.4) is 0 Å². The van der Waals surface area contributed by atoms with Gasteiger partial charge in [-0.3, -0.25) is 0 Å². The van der Waals surface area contributed by atoms with Crippen molar-refractivity contribution in [1.29, 1.82) is 5.26 Å². The van der Waals surface area contributed by atoms with Crippen molar-refractivity contribution >= 4 is 0 Å². The quantitative estimate of drug-likeness (QED) is 0.665. The summed E-state index contributed by atoms with van der Waals surface area (Å²) in [6.45, 7) is 4.95. The van der Waals surface area contributed by atoms with Crippen molar-refractivity contribution in [1.82, 2.24) is 5.32 Å². The van der Waals surface area contributed by atoms with E-state index in [1.54, 1.807) is 7.05 Å². The topological polar surface area (TPSA) is 54.3 Å². The number of nitrogens with one attached hydrogen (secondary N) is 1. The first-order chi connectivity index (χ1) is 7.20. The Balaban J connectivity index is 2.08. The third-order valence-corrected chi connectivity index (χ3v) is 2.92. The van der Waals surface area contributed by atoms with Crippen molar-refractivity contribution < 1.29 is 9.47 Å². The first-order valence-electron chi connectivity index (χ1n) is 5.46. The molecule has 15 heavy (non-hydrogen) atoms. The van der Waals surface area contributed by atoms with E-state index in [9.17, 15) is 0 Å². The molecule has 86 valence electrons. The van der Waals surface area contributed by atoms with Crippen LogP contribution in [0.5, 0.6) is 0 Å². The molecule has 0 aromatic rings. The molecule has 1 aliphatic rings. The molecule has 1 aliphatic heterocycles. The van der Waals surface area contributed by atoms with E-state index in [0.29, 0.717) is 18.9 Å². The highest BCUT2D eigenvalue weighted by molar-refractivity contribution is 5.02. The lowest BCUT2D eigenvalue weighted by molar-refractivity contribution is 0.0805.